The molecule has 26 heavy (non-hydrogen) atoms. The van der Waals surface area contributed by atoms with Gasteiger partial charge in [0.2, 0.25) is 0 Å². The van der Waals surface area contributed by atoms with E-state index < -0.39 is 5.41 Å². The third-order valence-corrected chi connectivity index (χ3v) is 5.01. The van der Waals surface area contributed by atoms with Crippen LogP contribution in [0.1, 0.15) is 30.9 Å². The Bertz CT molecular complexity index is 723. The van der Waals surface area contributed by atoms with Crippen LogP contribution in [0.3, 0.4) is 0 Å². The number of nitrogens with zero attached hydrogens (tertiary/aromatic N) is 2. The fourth-order valence-electron chi connectivity index (χ4n) is 3.60. The molecule has 1 aromatic heterocycles. The summed E-state index contributed by atoms with van der Waals surface area (Å²) >= 11 is 0. The van der Waals surface area contributed by atoms with Crippen LogP contribution in [0.15, 0.2) is 48.7 Å². The van der Waals surface area contributed by atoms with Crippen LogP contribution in [0.5, 0.6) is 0 Å². The maximum Gasteiger partial charge on any atom is 0.312 e. The largest absolute Gasteiger partial charge is 0.469 e. The van der Waals surface area contributed by atoms with E-state index in [-0.39, 0.29) is 11.9 Å². The number of anilines is 1. The molecule has 5 heteroatoms. The molecule has 1 aliphatic rings. The average Bonchev–Trinajstić information content (AvgIpc) is 2.69. The van der Waals surface area contributed by atoms with E-state index >= 15 is 0 Å². The lowest BCUT2D eigenvalue weighted by Crippen LogP contribution is -2.37. The van der Waals surface area contributed by atoms with Crippen molar-refractivity contribution < 1.29 is 14.3 Å². The van der Waals surface area contributed by atoms with Gasteiger partial charge in [-0.1, -0.05) is 36.4 Å². The molecule has 1 saturated heterocycles. The van der Waals surface area contributed by atoms with Gasteiger partial charge in [0.15, 0.2) is 0 Å². The molecule has 0 spiro atoms. The molecule has 0 bridgehead atoms. The zero-order valence-electron chi connectivity index (χ0n) is 15.6. The Balaban J connectivity index is 1.95. The third kappa shape index (κ3) is 3.73. The summed E-state index contributed by atoms with van der Waals surface area (Å²) in [6.45, 7) is 7.00. The van der Waals surface area contributed by atoms with E-state index in [1.165, 1.54) is 7.11 Å². The Morgan fingerprint density at radius 3 is 2.38 bits per heavy atom. The number of esters is 1. The van der Waals surface area contributed by atoms with Crippen molar-refractivity contribution in [1.82, 2.24) is 4.98 Å². The summed E-state index contributed by atoms with van der Waals surface area (Å²) in [7, 11) is 1.44. The first-order valence-electron chi connectivity index (χ1n) is 8.96. The summed E-state index contributed by atoms with van der Waals surface area (Å²) in [5.74, 6) is 0.575. The molecular weight excluding hydrogens is 328 g/mol. The van der Waals surface area contributed by atoms with Crippen molar-refractivity contribution >= 4 is 11.8 Å². The monoisotopic (exact) mass is 354 g/mol. The van der Waals surface area contributed by atoms with Gasteiger partial charge in [-0.05, 0) is 31.0 Å². The highest BCUT2D eigenvalue weighted by Crippen LogP contribution is 2.41. The van der Waals surface area contributed by atoms with Gasteiger partial charge >= 0.3 is 5.97 Å². The van der Waals surface area contributed by atoms with E-state index in [1.807, 2.05) is 56.4 Å². The van der Waals surface area contributed by atoms with Gasteiger partial charge in [0.05, 0.1) is 25.7 Å². The molecule has 2 heterocycles. The molecule has 5 nitrogen and oxygen atoms in total. The van der Waals surface area contributed by atoms with Crippen LogP contribution in [0, 0.1) is 5.41 Å². The Morgan fingerprint density at radius 2 is 1.81 bits per heavy atom. The molecule has 1 atom stereocenters. The summed E-state index contributed by atoms with van der Waals surface area (Å²) in [4.78, 5) is 19.4. The molecule has 0 N–H and O–H groups in total. The fourth-order valence-corrected chi connectivity index (χ4v) is 3.60. The Hall–Kier alpha value is -2.40. The topological polar surface area (TPSA) is 51.7 Å². The van der Waals surface area contributed by atoms with Crippen molar-refractivity contribution in [3.8, 4) is 0 Å². The van der Waals surface area contributed by atoms with Crippen molar-refractivity contribution in [3.63, 3.8) is 0 Å². The van der Waals surface area contributed by atoms with Gasteiger partial charge < -0.3 is 14.4 Å². The van der Waals surface area contributed by atoms with E-state index in [4.69, 9.17) is 9.47 Å². The van der Waals surface area contributed by atoms with Crippen molar-refractivity contribution in [2.45, 2.75) is 19.8 Å². The fraction of sp³-hybridized carbons (Fsp3) is 0.429. The molecule has 1 unspecified atom stereocenters. The molecule has 1 aromatic carbocycles. The van der Waals surface area contributed by atoms with Gasteiger partial charge in [-0.3, -0.25) is 4.79 Å². The summed E-state index contributed by atoms with van der Waals surface area (Å²) in [5, 5.41) is 0. The second-order valence-electron chi connectivity index (χ2n) is 7.11. The number of morpholine rings is 1. The van der Waals surface area contributed by atoms with E-state index in [2.05, 4.69) is 16.0 Å². The summed E-state index contributed by atoms with van der Waals surface area (Å²) in [6, 6.07) is 14.2. The molecule has 0 radical (unpaired) electrons. The van der Waals surface area contributed by atoms with E-state index in [0.29, 0.717) is 0 Å². The zero-order valence-corrected chi connectivity index (χ0v) is 15.6. The highest BCUT2D eigenvalue weighted by atomic mass is 16.5. The van der Waals surface area contributed by atoms with Gasteiger partial charge in [0.25, 0.3) is 0 Å². The van der Waals surface area contributed by atoms with Crippen LogP contribution in [0.4, 0.5) is 5.82 Å². The maximum atomic E-state index is 12.5. The van der Waals surface area contributed by atoms with Crippen LogP contribution >= 0.6 is 0 Å². The lowest BCUT2D eigenvalue weighted by atomic mass is 9.71. The lowest BCUT2D eigenvalue weighted by Gasteiger charge is -2.33. The molecule has 0 saturated carbocycles. The van der Waals surface area contributed by atoms with Crippen LogP contribution in [0.2, 0.25) is 0 Å². The Morgan fingerprint density at radius 1 is 1.12 bits per heavy atom. The molecule has 3 rings (SSSR count). The maximum absolute atomic E-state index is 12.5. The summed E-state index contributed by atoms with van der Waals surface area (Å²) in [5.41, 5.74) is 1.37. The van der Waals surface area contributed by atoms with Crippen molar-refractivity contribution in [2.75, 3.05) is 38.3 Å². The standard InChI is InChI=1S/C21H26N2O3/c1-21(2,20(24)25-3)19(16-7-5-4-6-8-16)17-9-10-18(22-15-17)23-11-13-26-14-12-23/h4-10,15,19H,11-14H2,1-3H3. The number of hydrogen-bond acceptors (Lipinski definition) is 5. The normalized spacial score (nSPS) is 16.2. The van der Waals surface area contributed by atoms with Gasteiger partial charge in [0, 0.05) is 25.2 Å². The quantitative estimate of drug-likeness (QED) is 0.772. The minimum Gasteiger partial charge on any atom is -0.469 e. The number of ether oxygens (including phenoxy) is 2. The molecule has 1 fully saturated rings. The van der Waals surface area contributed by atoms with Crippen molar-refractivity contribution in [1.29, 1.82) is 0 Å². The van der Waals surface area contributed by atoms with Gasteiger partial charge in [-0.15, -0.1) is 0 Å². The number of pyridine rings is 1. The first-order valence-corrected chi connectivity index (χ1v) is 8.96. The zero-order chi connectivity index (χ0) is 18.6. The average molecular weight is 354 g/mol. The highest BCUT2D eigenvalue weighted by molar-refractivity contribution is 5.78. The second kappa shape index (κ2) is 7.87. The number of carbonyl (C=O) groups is 1. The smallest absolute Gasteiger partial charge is 0.312 e. The Labute approximate surface area is 155 Å². The van der Waals surface area contributed by atoms with Gasteiger partial charge in [-0.2, -0.15) is 0 Å². The minimum absolute atomic E-state index is 0.137. The second-order valence-corrected chi connectivity index (χ2v) is 7.11. The first kappa shape index (κ1) is 18.4. The molecular formula is C21H26N2O3. The number of hydrogen-bond donors (Lipinski definition) is 0. The molecule has 1 aliphatic heterocycles. The Kier molecular flexibility index (Phi) is 5.57. The van der Waals surface area contributed by atoms with Gasteiger partial charge in [0.1, 0.15) is 5.82 Å². The van der Waals surface area contributed by atoms with Crippen LogP contribution in [-0.4, -0.2) is 44.4 Å². The van der Waals surface area contributed by atoms with E-state index in [0.717, 1.165) is 43.2 Å². The van der Waals surface area contributed by atoms with Crippen molar-refractivity contribution in [2.24, 2.45) is 5.41 Å². The van der Waals surface area contributed by atoms with Crippen molar-refractivity contribution in [3.05, 3.63) is 59.8 Å². The minimum atomic E-state index is -0.710. The summed E-state index contributed by atoms with van der Waals surface area (Å²) < 4.78 is 10.5. The molecule has 0 amide bonds. The molecule has 0 aliphatic carbocycles. The van der Waals surface area contributed by atoms with Gasteiger partial charge in [-0.25, -0.2) is 4.98 Å². The summed E-state index contributed by atoms with van der Waals surface area (Å²) in [6.07, 6.45) is 1.88. The van der Waals surface area contributed by atoms with E-state index in [9.17, 15) is 4.79 Å². The van der Waals surface area contributed by atoms with Crippen LogP contribution in [-0.2, 0) is 14.3 Å². The van der Waals surface area contributed by atoms with Crippen LogP contribution < -0.4 is 4.90 Å². The first-order chi connectivity index (χ1) is 12.5. The number of aromatic nitrogens is 1. The lowest BCUT2D eigenvalue weighted by molar-refractivity contribution is -0.151. The number of carbonyl (C=O) groups excluding carboxylic acids is 1. The SMILES string of the molecule is COC(=O)C(C)(C)C(c1ccccc1)c1ccc(N2CCOCC2)nc1. The van der Waals surface area contributed by atoms with E-state index in [1.54, 1.807) is 0 Å². The molecule has 138 valence electrons. The number of rotatable bonds is 5. The highest BCUT2D eigenvalue weighted by Gasteiger charge is 2.40. The third-order valence-electron chi connectivity index (χ3n) is 5.01. The predicted octanol–water partition coefficient (Wildman–Crippen LogP) is 3.25. The van der Waals surface area contributed by atoms with Crippen LogP contribution in [0.25, 0.3) is 0 Å². The number of methoxy groups -OCH3 is 1. The number of benzene rings is 1. The predicted molar refractivity (Wildman–Crippen MR) is 101 cm³/mol. The molecule has 2 aromatic rings.